The van der Waals surface area contributed by atoms with Crippen molar-refractivity contribution in [3.05, 3.63) is 35.4 Å². The van der Waals surface area contributed by atoms with Gasteiger partial charge < -0.3 is 4.90 Å². The zero-order valence-corrected chi connectivity index (χ0v) is 10.7. The molecule has 1 heterocycles. The molecular formula is C12H12BrF2NO. The van der Waals surface area contributed by atoms with Crippen molar-refractivity contribution in [2.45, 2.75) is 17.7 Å². The Balaban J connectivity index is 2.03. The topological polar surface area (TPSA) is 20.3 Å². The molecule has 0 saturated carbocycles. The molecule has 1 aliphatic heterocycles. The van der Waals surface area contributed by atoms with Gasteiger partial charge in [-0.2, -0.15) is 0 Å². The van der Waals surface area contributed by atoms with Crippen LogP contribution in [0.15, 0.2) is 18.2 Å². The predicted molar refractivity (Wildman–Crippen MR) is 64.0 cm³/mol. The SMILES string of the molecule is O=C(Cc1ccc(F)cc1F)N1CCC(Br)C1. The van der Waals surface area contributed by atoms with Gasteiger partial charge >= 0.3 is 0 Å². The van der Waals surface area contributed by atoms with Crippen LogP contribution in [0.1, 0.15) is 12.0 Å². The number of amides is 1. The molecule has 1 aliphatic rings. The van der Waals surface area contributed by atoms with Crippen molar-refractivity contribution in [1.29, 1.82) is 0 Å². The van der Waals surface area contributed by atoms with Crippen molar-refractivity contribution < 1.29 is 13.6 Å². The Morgan fingerprint density at radius 3 is 2.82 bits per heavy atom. The van der Waals surface area contributed by atoms with E-state index in [1.165, 1.54) is 12.1 Å². The summed E-state index contributed by atoms with van der Waals surface area (Å²) in [5.41, 5.74) is 0.245. The Labute approximate surface area is 107 Å². The fourth-order valence-electron chi connectivity index (χ4n) is 1.88. The Morgan fingerprint density at radius 2 is 2.24 bits per heavy atom. The van der Waals surface area contributed by atoms with Gasteiger partial charge in [0.15, 0.2) is 0 Å². The van der Waals surface area contributed by atoms with Gasteiger partial charge in [-0.25, -0.2) is 8.78 Å². The highest BCUT2D eigenvalue weighted by atomic mass is 79.9. The lowest BCUT2D eigenvalue weighted by Gasteiger charge is -2.15. The summed E-state index contributed by atoms with van der Waals surface area (Å²) in [5.74, 6) is -1.40. The van der Waals surface area contributed by atoms with Crippen molar-refractivity contribution in [3.8, 4) is 0 Å². The van der Waals surface area contributed by atoms with Gasteiger partial charge in [0.2, 0.25) is 5.91 Å². The van der Waals surface area contributed by atoms with Crippen LogP contribution in [-0.4, -0.2) is 28.7 Å². The van der Waals surface area contributed by atoms with E-state index < -0.39 is 11.6 Å². The number of hydrogen-bond donors (Lipinski definition) is 0. The lowest BCUT2D eigenvalue weighted by Crippen LogP contribution is -2.30. The molecule has 92 valence electrons. The van der Waals surface area contributed by atoms with E-state index in [1.807, 2.05) is 0 Å². The molecule has 0 aromatic heterocycles. The van der Waals surface area contributed by atoms with Crippen LogP contribution in [0.25, 0.3) is 0 Å². The molecule has 2 rings (SSSR count). The van der Waals surface area contributed by atoms with Gasteiger partial charge in [-0.05, 0) is 18.1 Å². The smallest absolute Gasteiger partial charge is 0.227 e. The van der Waals surface area contributed by atoms with Crippen LogP contribution in [0.4, 0.5) is 8.78 Å². The van der Waals surface area contributed by atoms with Gasteiger partial charge in [0.25, 0.3) is 0 Å². The van der Waals surface area contributed by atoms with E-state index in [-0.39, 0.29) is 17.9 Å². The first kappa shape index (κ1) is 12.5. The largest absolute Gasteiger partial charge is 0.341 e. The van der Waals surface area contributed by atoms with Gasteiger partial charge in [-0.1, -0.05) is 22.0 Å². The van der Waals surface area contributed by atoms with Gasteiger partial charge in [0.05, 0.1) is 6.42 Å². The molecule has 17 heavy (non-hydrogen) atoms. The molecule has 0 spiro atoms. The number of benzene rings is 1. The summed E-state index contributed by atoms with van der Waals surface area (Å²) in [6, 6.07) is 3.30. The molecular weight excluding hydrogens is 292 g/mol. The van der Waals surface area contributed by atoms with E-state index in [4.69, 9.17) is 0 Å². The molecule has 1 fully saturated rings. The summed E-state index contributed by atoms with van der Waals surface area (Å²) in [6.45, 7) is 1.35. The summed E-state index contributed by atoms with van der Waals surface area (Å²) < 4.78 is 26.0. The second kappa shape index (κ2) is 5.12. The fourth-order valence-corrected chi connectivity index (χ4v) is 2.44. The van der Waals surface area contributed by atoms with Gasteiger partial charge in [-0.15, -0.1) is 0 Å². The van der Waals surface area contributed by atoms with Gasteiger partial charge in [0, 0.05) is 24.0 Å². The van der Waals surface area contributed by atoms with Crippen molar-refractivity contribution in [3.63, 3.8) is 0 Å². The van der Waals surface area contributed by atoms with Crippen molar-refractivity contribution in [1.82, 2.24) is 4.90 Å². The summed E-state index contributed by atoms with van der Waals surface area (Å²) in [4.78, 5) is 13.9. The number of rotatable bonds is 2. The Bertz CT molecular complexity index is 439. The average Bonchev–Trinajstić information content (AvgIpc) is 2.69. The molecule has 1 atom stereocenters. The summed E-state index contributed by atoms with van der Waals surface area (Å²) >= 11 is 3.44. The zero-order valence-electron chi connectivity index (χ0n) is 9.13. The minimum Gasteiger partial charge on any atom is -0.341 e. The molecule has 1 aromatic carbocycles. The van der Waals surface area contributed by atoms with Crippen molar-refractivity contribution >= 4 is 21.8 Å². The lowest BCUT2D eigenvalue weighted by atomic mass is 10.1. The van der Waals surface area contributed by atoms with Crippen LogP contribution in [0.3, 0.4) is 0 Å². The number of carbonyl (C=O) groups is 1. The van der Waals surface area contributed by atoms with E-state index in [1.54, 1.807) is 4.90 Å². The number of likely N-dealkylation sites (tertiary alicyclic amines) is 1. The first-order valence-electron chi connectivity index (χ1n) is 5.42. The summed E-state index contributed by atoms with van der Waals surface area (Å²) in [6.07, 6.45) is 0.906. The number of alkyl halides is 1. The summed E-state index contributed by atoms with van der Waals surface area (Å²) in [7, 11) is 0. The van der Waals surface area contributed by atoms with E-state index in [0.29, 0.717) is 17.9 Å². The third kappa shape index (κ3) is 3.03. The average molecular weight is 304 g/mol. The first-order chi connectivity index (χ1) is 8.06. The molecule has 1 aromatic rings. The quantitative estimate of drug-likeness (QED) is 0.769. The van der Waals surface area contributed by atoms with Crippen LogP contribution < -0.4 is 0 Å². The Morgan fingerprint density at radius 1 is 1.47 bits per heavy atom. The van der Waals surface area contributed by atoms with Crippen molar-refractivity contribution in [2.75, 3.05) is 13.1 Å². The number of nitrogens with zero attached hydrogens (tertiary/aromatic N) is 1. The van der Waals surface area contributed by atoms with Crippen molar-refractivity contribution in [2.24, 2.45) is 0 Å². The van der Waals surface area contributed by atoms with Crippen LogP contribution in [0.5, 0.6) is 0 Å². The van der Waals surface area contributed by atoms with E-state index in [9.17, 15) is 13.6 Å². The Hall–Kier alpha value is -0.970. The molecule has 1 unspecified atom stereocenters. The van der Waals surface area contributed by atoms with E-state index in [0.717, 1.165) is 12.5 Å². The number of carbonyl (C=O) groups excluding carboxylic acids is 1. The predicted octanol–water partition coefficient (Wildman–Crippen LogP) is 2.50. The first-order valence-corrected chi connectivity index (χ1v) is 6.33. The summed E-state index contributed by atoms with van der Waals surface area (Å²) in [5, 5.41) is 0. The standard InChI is InChI=1S/C12H12BrF2NO/c13-9-3-4-16(7-9)12(17)5-8-1-2-10(14)6-11(8)15/h1-2,6,9H,3-5,7H2. The van der Waals surface area contributed by atoms with E-state index >= 15 is 0 Å². The molecule has 0 bridgehead atoms. The molecule has 1 amide bonds. The second-order valence-electron chi connectivity index (χ2n) is 4.14. The number of halogens is 3. The normalized spacial score (nSPS) is 19.7. The van der Waals surface area contributed by atoms with Crippen LogP contribution in [-0.2, 0) is 11.2 Å². The maximum Gasteiger partial charge on any atom is 0.227 e. The highest BCUT2D eigenvalue weighted by Crippen LogP contribution is 2.18. The van der Waals surface area contributed by atoms with Crippen LogP contribution in [0, 0.1) is 11.6 Å². The lowest BCUT2D eigenvalue weighted by molar-refractivity contribution is -0.129. The third-order valence-corrected chi connectivity index (χ3v) is 3.59. The highest BCUT2D eigenvalue weighted by Gasteiger charge is 2.24. The minimum atomic E-state index is -0.659. The number of hydrogen-bond acceptors (Lipinski definition) is 1. The maximum absolute atomic E-state index is 13.4. The maximum atomic E-state index is 13.4. The highest BCUT2D eigenvalue weighted by molar-refractivity contribution is 9.09. The van der Waals surface area contributed by atoms with Gasteiger partial charge in [-0.3, -0.25) is 4.79 Å². The molecule has 0 radical (unpaired) electrons. The molecule has 0 N–H and O–H groups in total. The molecule has 5 heteroatoms. The van der Waals surface area contributed by atoms with E-state index in [2.05, 4.69) is 15.9 Å². The fraction of sp³-hybridized carbons (Fsp3) is 0.417. The molecule has 2 nitrogen and oxygen atoms in total. The monoisotopic (exact) mass is 303 g/mol. The second-order valence-corrected chi connectivity index (χ2v) is 5.43. The minimum absolute atomic E-state index is 0.00810. The van der Waals surface area contributed by atoms with Gasteiger partial charge in [0.1, 0.15) is 11.6 Å². The molecule has 1 saturated heterocycles. The molecule has 0 aliphatic carbocycles. The Kier molecular flexibility index (Phi) is 3.76. The van der Waals surface area contributed by atoms with Crippen LogP contribution in [0.2, 0.25) is 0 Å². The third-order valence-electron chi connectivity index (χ3n) is 2.84. The van der Waals surface area contributed by atoms with Crippen LogP contribution >= 0.6 is 15.9 Å². The zero-order chi connectivity index (χ0) is 12.4.